The molecule has 232 valence electrons. The van der Waals surface area contributed by atoms with Gasteiger partial charge in [-0.15, -0.1) is 0 Å². The number of nitrogens with zero attached hydrogens (tertiary/aromatic N) is 3. The van der Waals surface area contributed by atoms with Crippen LogP contribution in [0.3, 0.4) is 0 Å². The van der Waals surface area contributed by atoms with Gasteiger partial charge in [-0.05, 0) is 50.3 Å². The van der Waals surface area contributed by atoms with Crippen LogP contribution >= 0.6 is 11.6 Å². The summed E-state index contributed by atoms with van der Waals surface area (Å²) in [5.41, 5.74) is 5.19. The molecule has 2 aliphatic heterocycles. The Kier molecular flexibility index (Phi) is 9.56. The van der Waals surface area contributed by atoms with Crippen molar-refractivity contribution in [2.45, 2.75) is 64.8 Å². The third-order valence-electron chi connectivity index (χ3n) is 9.11. The van der Waals surface area contributed by atoms with Gasteiger partial charge in [-0.25, -0.2) is 14.6 Å². The van der Waals surface area contributed by atoms with E-state index in [2.05, 4.69) is 0 Å². The third kappa shape index (κ3) is 6.01. The molecule has 1 aromatic rings. The number of ether oxygens (including phenoxy) is 1. The van der Waals surface area contributed by atoms with Crippen molar-refractivity contribution in [2.75, 3.05) is 33.3 Å². The molecule has 10 nitrogen and oxygen atoms in total. The molecule has 5 N–H and O–H groups in total. The Balaban J connectivity index is 1.77. The predicted molar refractivity (Wildman–Crippen MR) is 152 cm³/mol. The molecule has 2 fully saturated rings. The summed E-state index contributed by atoms with van der Waals surface area (Å²) in [4.78, 5) is 43.0. The second kappa shape index (κ2) is 12.6. The summed E-state index contributed by atoms with van der Waals surface area (Å²) in [6, 6.07) is 2.54. The molecule has 1 aliphatic carbocycles. The number of carbonyl (C=O) groups excluding carboxylic acids is 2. The standard InChI is InChI=1S/C29H40ClF2N5O5/c1-16-9-12-36(26(16)38)14-21-23-17(10-13-37(21)27(39)18-6-4-5-11-29(18,2)28(40)41)19(30)7-8-22(23)42-15-20(33)24(25(31)32)35(3)34/h7-8,16,18,21,25H,4-6,9-15,33-34H2,1-3H3,(H,40,41)/b24-20-/t16-,18+,21-,29+/m1/s1. The van der Waals surface area contributed by atoms with Gasteiger partial charge in [0.2, 0.25) is 11.8 Å². The van der Waals surface area contributed by atoms with Gasteiger partial charge in [0.1, 0.15) is 18.1 Å². The van der Waals surface area contributed by atoms with Gasteiger partial charge in [-0.2, -0.15) is 0 Å². The Bertz CT molecular complexity index is 1250. The van der Waals surface area contributed by atoms with E-state index in [1.54, 1.807) is 28.9 Å². The van der Waals surface area contributed by atoms with Gasteiger partial charge in [-0.1, -0.05) is 31.4 Å². The van der Waals surface area contributed by atoms with Crippen LogP contribution in [0.25, 0.3) is 0 Å². The summed E-state index contributed by atoms with van der Waals surface area (Å²) < 4.78 is 33.2. The molecular formula is C29H40ClF2N5O5. The van der Waals surface area contributed by atoms with Crippen molar-refractivity contribution >= 4 is 29.4 Å². The summed E-state index contributed by atoms with van der Waals surface area (Å²) in [5, 5.41) is 11.3. The number of aliphatic carboxylic acids is 1. The van der Waals surface area contributed by atoms with Crippen molar-refractivity contribution in [3.05, 3.63) is 39.7 Å². The van der Waals surface area contributed by atoms with Crippen LogP contribution < -0.4 is 16.3 Å². The number of carbonyl (C=O) groups is 3. The van der Waals surface area contributed by atoms with E-state index in [-0.39, 0.29) is 42.3 Å². The van der Waals surface area contributed by atoms with E-state index < -0.39 is 42.1 Å². The zero-order valence-electron chi connectivity index (χ0n) is 24.2. The lowest BCUT2D eigenvalue weighted by molar-refractivity contribution is -0.162. The minimum absolute atomic E-state index is 0.0354. The van der Waals surface area contributed by atoms with E-state index in [0.717, 1.165) is 23.4 Å². The Morgan fingerprint density at radius 3 is 2.57 bits per heavy atom. The Hall–Kier alpha value is -3.12. The van der Waals surface area contributed by atoms with Gasteiger partial charge in [0.05, 0.1) is 23.1 Å². The van der Waals surface area contributed by atoms with Gasteiger partial charge in [0, 0.05) is 43.2 Å². The molecule has 0 aromatic heterocycles. The number of hydrogen-bond acceptors (Lipinski definition) is 7. The molecule has 0 unspecified atom stereocenters. The summed E-state index contributed by atoms with van der Waals surface area (Å²) in [6.45, 7) is 4.03. The second-order valence-electron chi connectivity index (χ2n) is 11.8. The van der Waals surface area contributed by atoms with Crippen LogP contribution in [0.5, 0.6) is 5.75 Å². The van der Waals surface area contributed by atoms with E-state index in [1.165, 1.54) is 7.05 Å². The number of nitrogens with two attached hydrogens (primary N) is 2. The highest BCUT2D eigenvalue weighted by atomic mass is 35.5. The number of allylic oxidation sites excluding steroid dienone is 1. The monoisotopic (exact) mass is 611 g/mol. The molecule has 4 rings (SSSR count). The van der Waals surface area contributed by atoms with Crippen molar-refractivity contribution in [1.82, 2.24) is 14.8 Å². The van der Waals surface area contributed by atoms with Crippen molar-refractivity contribution in [2.24, 2.45) is 28.8 Å². The first kappa shape index (κ1) is 31.8. The predicted octanol–water partition coefficient (Wildman–Crippen LogP) is 3.54. The number of amides is 2. The summed E-state index contributed by atoms with van der Waals surface area (Å²) in [6.07, 6.45) is 0.420. The van der Waals surface area contributed by atoms with E-state index in [0.29, 0.717) is 42.8 Å². The highest BCUT2D eigenvalue weighted by molar-refractivity contribution is 6.31. The molecule has 3 aliphatic rings. The molecule has 2 heterocycles. The van der Waals surface area contributed by atoms with E-state index in [4.69, 9.17) is 27.9 Å². The van der Waals surface area contributed by atoms with Crippen molar-refractivity contribution in [3.63, 3.8) is 0 Å². The maximum Gasteiger partial charge on any atom is 0.310 e. The maximum absolute atomic E-state index is 14.3. The highest BCUT2D eigenvalue weighted by Crippen LogP contribution is 2.46. The zero-order chi connectivity index (χ0) is 30.9. The van der Waals surface area contributed by atoms with E-state index in [1.807, 2.05) is 6.92 Å². The van der Waals surface area contributed by atoms with Crippen molar-refractivity contribution in [3.8, 4) is 5.75 Å². The average molecular weight is 612 g/mol. The number of carboxylic acids is 1. The number of halogens is 3. The molecule has 0 bridgehead atoms. The molecule has 13 heteroatoms. The molecule has 0 spiro atoms. The first-order valence-corrected chi connectivity index (χ1v) is 14.7. The van der Waals surface area contributed by atoms with Crippen LogP contribution in [0.15, 0.2) is 23.5 Å². The van der Waals surface area contributed by atoms with E-state index in [9.17, 15) is 28.3 Å². The summed E-state index contributed by atoms with van der Waals surface area (Å²) >= 11 is 6.63. The molecule has 2 amide bonds. The molecule has 42 heavy (non-hydrogen) atoms. The maximum atomic E-state index is 14.3. The number of fused-ring (bicyclic) bond motifs is 1. The van der Waals surface area contributed by atoms with Crippen LogP contribution in [0, 0.1) is 17.3 Å². The quantitative estimate of drug-likeness (QED) is 0.284. The number of hydrogen-bond donors (Lipinski definition) is 3. The molecule has 1 saturated carbocycles. The Morgan fingerprint density at radius 2 is 1.98 bits per heavy atom. The minimum atomic E-state index is -2.93. The molecular weight excluding hydrogens is 572 g/mol. The van der Waals surface area contributed by atoms with Crippen LogP contribution in [-0.2, 0) is 20.8 Å². The first-order valence-electron chi connectivity index (χ1n) is 14.3. The summed E-state index contributed by atoms with van der Waals surface area (Å²) in [7, 11) is 1.25. The van der Waals surface area contributed by atoms with Crippen LogP contribution in [-0.4, -0.2) is 77.4 Å². The fraction of sp³-hybridized carbons (Fsp3) is 0.621. The number of carboxylic acid groups (broad SMARTS) is 1. The van der Waals surface area contributed by atoms with Gasteiger partial charge in [0.15, 0.2) is 0 Å². The smallest absolute Gasteiger partial charge is 0.310 e. The number of alkyl halides is 2. The molecule has 1 saturated heterocycles. The number of rotatable bonds is 9. The topological polar surface area (TPSA) is 142 Å². The lowest BCUT2D eigenvalue weighted by atomic mass is 9.66. The Labute approximate surface area is 249 Å². The van der Waals surface area contributed by atoms with Gasteiger partial charge in [-0.3, -0.25) is 14.4 Å². The molecule has 4 atom stereocenters. The fourth-order valence-corrected chi connectivity index (χ4v) is 6.84. The van der Waals surface area contributed by atoms with E-state index >= 15 is 0 Å². The number of likely N-dealkylation sites (tertiary alicyclic amines) is 1. The largest absolute Gasteiger partial charge is 0.487 e. The summed E-state index contributed by atoms with van der Waals surface area (Å²) in [5.74, 6) is 3.62. The van der Waals surface area contributed by atoms with Crippen molar-refractivity contribution in [1.29, 1.82) is 0 Å². The lowest BCUT2D eigenvalue weighted by Crippen LogP contribution is -2.52. The van der Waals surface area contributed by atoms with Gasteiger partial charge in [0.25, 0.3) is 6.43 Å². The van der Waals surface area contributed by atoms with Crippen LogP contribution in [0.2, 0.25) is 5.02 Å². The van der Waals surface area contributed by atoms with Crippen LogP contribution in [0.4, 0.5) is 8.78 Å². The zero-order valence-corrected chi connectivity index (χ0v) is 25.0. The SMILES string of the molecule is C[C@@H]1CCN(C[C@@H]2c3c(OC/C(N)=C(\C(F)F)N(C)N)ccc(Cl)c3CCN2C(=O)[C@@H]2CCCC[C@]2(C)C(=O)O)C1=O. The average Bonchev–Trinajstić information content (AvgIpc) is 3.24. The normalized spacial score (nSPS) is 26.7. The minimum Gasteiger partial charge on any atom is -0.487 e. The number of hydrazine groups is 1. The first-order chi connectivity index (χ1) is 19.8. The molecule has 1 aromatic carbocycles. The number of benzene rings is 1. The highest BCUT2D eigenvalue weighted by Gasteiger charge is 2.50. The van der Waals surface area contributed by atoms with Gasteiger partial charge < -0.3 is 30.4 Å². The molecule has 0 radical (unpaired) electrons. The van der Waals surface area contributed by atoms with Gasteiger partial charge >= 0.3 is 5.97 Å². The fourth-order valence-electron chi connectivity index (χ4n) is 6.58. The van der Waals surface area contributed by atoms with Crippen LogP contribution in [0.1, 0.15) is 63.1 Å². The van der Waals surface area contributed by atoms with Crippen molar-refractivity contribution < 1.29 is 33.0 Å². The third-order valence-corrected chi connectivity index (χ3v) is 9.46. The lowest BCUT2D eigenvalue weighted by Gasteiger charge is -2.45. The Morgan fingerprint density at radius 1 is 1.26 bits per heavy atom. The second-order valence-corrected chi connectivity index (χ2v) is 12.2.